The van der Waals surface area contributed by atoms with Crippen molar-refractivity contribution in [2.45, 2.75) is 8.42 Å². The van der Waals surface area contributed by atoms with Crippen LogP contribution in [-0.2, 0) is 20.0 Å². The normalized spacial score (nSPS) is 11.7. The van der Waals surface area contributed by atoms with Crippen LogP contribution in [0.4, 0.5) is 17.1 Å². The maximum atomic E-state index is 13.0. The Hall–Kier alpha value is -2.61. The summed E-state index contributed by atoms with van der Waals surface area (Å²) in [6, 6.07) is 14.4. The molecular weight excluding hydrogens is 573 g/mol. The topological polar surface area (TPSA) is 121 Å². The minimum absolute atomic E-state index is 0.0212. The number of amides is 1. The van der Waals surface area contributed by atoms with Gasteiger partial charge in [-0.25, -0.2) is 16.8 Å². The van der Waals surface area contributed by atoms with Crippen LogP contribution in [0.15, 0.2) is 79.8 Å². The van der Waals surface area contributed by atoms with E-state index >= 15 is 0 Å². The maximum absolute atomic E-state index is 13.0. The van der Waals surface area contributed by atoms with Crippen LogP contribution in [0.25, 0.3) is 0 Å². The molecule has 2 aromatic carbocycles. The molecule has 8 nitrogen and oxygen atoms in total. The molecule has 2 heterocycles. The van der Waals surface area contributed by atoms with Gasteiger partial charge in [-0.05, 0) is 59.3 Å². The highest BCUT2D eigenvalue weighted by Crippen LogP contribution is 2.29. The monoisotopic (exact) mass is 587 g/mol. The van der Waals surface area contributed by atoms with Gasteiger partial charge in [0.1, 0.15) is 8.42 Å². The van der Waals surface area contributed by atoms with E-state index in [-0.39, 0.29) is 36.1 Å². The van der Waals surface area contributed by atoms with Gasteiger partial charge in [0.25, 0.3) is 26.0 Å². The van der Waals surface area contributed by atoms with Gasteiger partial charge in [-0.15, -0.1) is 22.7 Å². The summed E-state index contributed by atoms with van der Waals surface area (Å²) in [5, 5.41) is 6.38. The molecule has 0 fully saturated rings. The lowest BCUT2D eigenvalue weighted by Crippen LogP contribution is -2.17. The Labute approximate surface area is 219 Å². The molecule has 0 atom stereocenters. The number of benzene rings is 2. The molecule has 182 valence electrons. The van der Waals surface area contributed by atoms with Crippen LogP contribution in [0.2, 0.25) is 10.0 Å². The van der Waals surface area contributed by atoms with Crippen LogP contribution in [0.1, 0.15) is 10.4 Å². The predicted octanol–water partition coefficient (Wildman–Crippen LogP) is 5.97. The summed E-state index contributed by atoms with van der Waals surface area (Å²) in [5.74, 6) is -0.664. The van der Waals surface area contributed by atoms with E-state index in [1.54, 1.807) is 29.0 Å². The summed E-state index contributed by atoms with van der Waals surface area (Å²) < 4.78 is 55.8. The molecule has 1 amide bonds. The fourth-order valence-electron chi connectivity index (χ4n) is 2.91. The summed E-state index contributed by atoms with van der Waals surface area (Å²) >= 11 is 14.1. The van der Waals surface area contributed by atoms with Crippen molar-refractivity contribution in [2.75, 3.05) is 14.8 Å². The zero-order chi connectivity index (χ0) is 25.2. The van der Waals surface area contributed by atoms with Crippen LogP contribution in [0.5, 0.6) is 0 Å². The SMILES string of the molecule is O=C(Nc1cc(Cl)ccc1Cl)c1cc(NS(=O)(=O)c2cccs2)cc(NS(=O)(=O)c2cccs2)c1. The first kappa shape index (κ1) is 25.5. The summed E-state index contributed by atoms with van der Waals surface area (Å²) in [6.45, 7) is 0. The van der Waals surface area contributed by atoms with Crippen molar-refractivity contribution in [3.05, 3.63) is 87.0 Å². The Morgan fingerprint density at radius 2 is 1.29 bits per heavy atom. The second-order valence-corrected chi connectivity index (χ2v) is 13.5. The quantitative estimate of drug-likeness (QED) is 0.234. The van der Waals surface area contributed by atoms with Gasteiger partial charge in [-0.1, -0.05) is 35.3 Å². The van der Waals surface area contributed by atoms with Crippen molar-refractivity contribution in [3.8, 4) is 0 Å². The number of carbonyl (C=O) groups excluding carboxylic acids is 1. The third-order valence-electron chi connectivity index (χ3n) is 4.40. The van der Waals surface area contributed by atoms with Crippen LogP contribution in [0, 0.1) is 0 Å². The number of halogens is 2. The van der Waals surface area contributed by atoms with Crippen LogP contribution < -0.4 is 14.8 Å². The van der Waals surface area contributed by atoms with Gasteiger partial charge < -0.3 is 5.32 Å². The van der Waals surface area contributed by atoms with E-state index in [0.29, 0.717) is 5.02 Å². The van der Waals surface area contributed by atoms with Crippen molar-refractivity contribution in [2.24, 2.45) is 0 Å². The van der Waals surface area contributed by atoms with Crippen molar-refractivity contribution < 1.29 is 21.6 Å². The van der Waals surface area contributed by atoms with Gasteiger partial charge in [0.2, 0.25) is 0 Å². The van der Waals surface area contributed by atoms with E-state index in [9.17, 15) is 21.6 Å². The molecule has 4 aromatic rings. The lowest BCUT2D eigenvalue weighted by molar-refractivity contribution is 0.102. The Bertz CT molecular complexity index is 1500. The molecule has 0 saturated carbocycles. The number of sulfonamides is 2. The second kappa shape index (κ2) is 10.2. The highest BCUT2D eigenvalue weighted by molar-refractivity contribution is 7.95. The third kappa shape index (κ3) is 6.15. The zero-order valence-corrected chi connectivity index (χ0v) is 22.1. The maximum Gasteiger partial charge on any atom is 0.271 e. The van der Waals surface area contributed by atoms with E-state index < -0.39 is 26.0 Å². The minimum atomic E-state index is -3.96. The van der Waals surface area contributed by atoms with Crippen LogP contribution >= 0.6 is 45.9 Å². The number of anilines is 3. The minimum Gasteiger partial charge on any atom is -0.321 e. The molecule has 2 aromatic heterocycles. The molecule has 4 rings (SSSR count). The van der Waals surface area contributed by atoms with Crippen LogP contribution in [-0.4, -0.2) is 22.7 Å². The Morgan fingerprint density at radius 1 is 0.743 bits per heavy atom. The molecule has 0 aliphatic heterocycles. The number of nitrogens with one attached hydrogen (secondary N) is 3. The van der Waals surface area contributed by atoms with Gasteiger partial charge >= 0.3 is 0 Å². The smallest absolute Gasteiger partial charge is 0.271 e. The van der Waals surface area contributed by atoms with Crippen molar-refractivity contribution >= 4 is 88.9 Å². The lowest BCUT2D eigenvalue weighted by atomic mass is 10.1. The molecule has 35 heavy (non-hydrogen) atoms. The zero-order valence-electron chi connectivity index (χ0n) is 17.4. The number of carbonyl (C=O) groups is 1. The van der Waals surface area contributed by atoms with Gasteiger partial charge in [0, 0.05) is 10.6 Å². The largest absolute Gasteiger partial charge is 0.321 e. The van der Waals surface area contributed by atoms with E-state index in [1.807, 2.05) is 0 Å². The second-order valence-electron chi connectivity index (χ2n) is 6.95. The van der Waals surface area contributed by atoms with Crippen molar-refractivity contribution in [1.82, 2.24) is 0 Å². The van der Waals surface area contributed by atoms with Crippen molar-refractivity contribution in [3.63, 3.8) is 0 Å². The first-order valence-corrected chi connectivity index (χ1v) is 15.1. The van der Waals surface area contributed by atoms with Gasteiger partial charge in [0.05, 0.1) is 22.1 Å². The molecule has 14 heteroatoms. The molecule has 0 bridgehead atoms. The number of rotatable bonds is 8. The van der Waals surface area contributed by atoms with Crippen LogP contribution in [0.3, 0.4) is 0 Å². The first-order valence-electron chi connectivity index (χ1n) is 9.58. The van der Waals surface area contributed by atoms with E-state index in [4.69, 9.17) is 23.2 Å². The molecule has 0 aliphatic carbocycles. The Kier molecular flexibility index (Phi) is 7.40. The lowest BCUT2D eigenvalue weighted by Gasteiger charge is -2.14. The fourth-order valence-corrected chi connectivity index (χ4v) is 7.31. The predicted molar refractivity (Wildman–Crippen MR) is 141 cm³/mol. The van der Waals surface area contributed by atoms with Gasteiger partial charge in [0.15, 0.2) is 0 Å². The molecular formula is C21H15Cl2N3O5S4. The average Bonchev–Trinajstić information content (AvgIpc) is 3.50. The van der Waals surface area contributed by atoms with Crippen molar-refractivity contribution in [1.29, 1.82) is 0 Å². The summed E-state index contributed by atoms with van der Waals surface area (Å²) in [4.78, 5) is 13.0. The Balaban J connectivity index is 1.72. The molecule has 3 N–H and O–H groups in total. The highest BCUT2D eigenvalue weighted by atomic mass is 35.5. The molecule has 0 saturated heterocycles. The summed E-state index contributed by atoms with van der Waals surface area (Å²) in [5.41, 5.74) is 0.157. The highest BCUT2D eigenvalue weighted by Gasteiger charge is 2.20. The molecule has 0 spiro atoms. The van der Waals surface area contributed by atoms with Gasteiger partial charge in [-0.2, -0.15) is 0 Å². The summed E-state index contributed by atoms with van der Waals surface area (Å²) in [6.07, 6.45) is 0. The van der Waals surface area contributed by atoms with E-state index in [1.165, 1.54) is 42.5 Å². The standard InChI is InChI=1S/C21H15Cl2N3O5S4/c22-14-5-6-17(23)18(11-14)24-21(27)13-9-15(25-34(28,29)19-3-1-7-32-19)12-16(10-13)26-35(30,31)20-4-2-8-33-20/h1-12,25-26H,(H,24,27). The fraction of sp³-hybridized carbons (Fsp3) is 0. The number of hydrogen-bond acceptors (Lipinski definition) is 7. The number of hydrogen-bond donors (Lipinski definition) is 3. The first-order chi connectivity index (χ1) is 16.5. The molecule has 0 unspecified atom stereocenters. The summed E-state index contributed by atoms with van der Waals surface area (Å²) in [7, 11) is -7.93. The van der Waals surface area contributed by atoms with Gasteiger partial charge in [-0.3, -0.25) is 14.2 Å². The molecule has 0 aliphatic rings. The Morgan fingerprint density at radius 3 is 1.77 bits per heavy atom. The van der Waals surface area contributed by atoms with E-state index in [2.05, 4.69) is 14.8 Å². The number of thiophene rings is 2. The third-order valence-corrected chi connectivity index (χ3v) is 10.5. The average molecular weight is 589 g/mol. The molecule has 0 radical (unpaired) electrons. The van der Waals surface area contributed by atoms with E-state index in [0.717, 1.165) is 22.7 Å².